The van der Waals surface area contributed by atoms with Crippen LogP contribution >= 0.6 is 0 Å². The SMILES string of the molecule is CC(C)(C)NC(=O)NC(=O)CN[C@@H]1Cc2ccccc2O[C@H]1C(F)(F)F. The first-order valence-electron chi connectivity index (χ1n) is 8.12. The molecule has 1 aromatic carbocycles. The van der Waals surface area contributed by atoms with Gasteiger partial charge in [-0.1, -0.05) is 18.2 Å². The van der Waals surface area contributed by atoms with Gasteiger partial charge in [0.2, 0.25) is 12.0 Å². The largest absolute Gasteiger partial charge is 0.479 e. The van der Waals surface area contributed by atoms with Crippen molar-refractivity contribution in [2.24, 2.45) is 0 Å². The third kappa shape index (κ3) is 5.62. The monoisotopic (exact) mass is 373 g/mol. The lowest BCUT2D eigenvalue weighted by atomic mass is 9.96. The van der Waals surface area contributed by atoms with Crippen molar-refractivity contribution in [3.05, 3.63) is 29.8 Å². The standard InChI is InChI=1S/C17H22F3N3O3/c1-16(2,3)23-15(25)22-13(24)9-21-11-8-10-6-4-5-7-12(10)26-14(11)17(18,19)20/h4-7,11,14,21H,8-9H2,1-3H3,(H2,22,23,24,25)/t11-,14-/m1/s1. The molecule has 1 aromatic rings. The summed E-state index contributed by atoms with van der Waals surface area (Å²) in [6, 6.07) is 4.61. The third-order valence-corrected chi connectivity index (χ3v) is 3.62. The van der Waals surface area contributed by atoms with Crippen LogP contribution in [0, 0.1) is 0 Å². The van der Waals surface area contributed by atoms with E-state index in [1.165, 1.54) is 6.07 Å². The number of alkyl halides is 3. The van der Waals surface area contributed by atoms with E-state index in [0.29, 0.717) is 5.56 Å². The van der Waals surface area contributed by atoms with Gasteiger partial charge in [-0.15, -0.1) is 0 Å². The van der Waals surface area contributed by atoms with Crippen LogP contribution in [0.5, 0.6) is 5.75 Å². The Bertz CT molecular complexity index is 671. The number of ether oxygens (including phenoxy) is 1. The maximum absolute atomic E-state index is 13.3. The van der Waals surface area contributed by atoms with E-state index >= 15 is 0 Å². The summed E-state index contributed by atoms with van der Waals surface area (Å²) >= 11 is 0. The topological polar surface area (TPSA) is 79.5 Å². The fourth-order valence-corrected chi connectivity index (χ4v) is 2.59. The van der Waals surface area contributed by atoms with Crippen molar-refractivity contribution >= 4 is 11.9 Å². The number of urea groups is 1. The number of hydrogen-bond acceptors (Lipinski definition) is 4. The molecule has 0 radical (unpaired) electrons. The summed E-state index contributed by atoms with van der Waals surface area (Å²) in [5.74, 6) is -0.548. The Labute approximate surface area is 149 Å². The van der Waals surface area contributed by atoms with Gasteiger partial charge in [0.15, 0.2) is 0 Å². The summed E-state index contributed by atoms with van der Waals surface area (Å²) in [5.41, 5.74) is 0.0801. The molecule has 144 valence electrons. The van der Waals surface area contributed by atoms with E-state index in [0.717, 1.165) is 0 Å². The predicted octanol–water partition coefficient (Wildman–Crippen LogP) is 2.13. The number of nitrogens with one attached hydrogen (secondary N) is 3. The molecule has 2 rings (SSSR count). The Morgan fingerprint density at radius 2 is 1.85 bits per heavy atom. The van der Waals surface area contributed by atoms with Crippen molar-refractivity contribution < 1.29 is 27.5 Å². The van der Waals surface area contributed by atoms with Crippen molar-refractivity contribution in [2.75, 3.05) is 6.54 Å². The fraction of sp³-hybridized carbons (Fsp3) is 0.529. The van der Waals surface area contributed by atoms with Gasteiger partial charge in [-0.3, -0.25) is 10.1 Å². The average molecular weight is 373 g/mol. The molecule has 1 heterocycles. The minimum Gasteiger partial charge on any atom is -0.479 e. The molecule has 0 saturated carbocycles. The van der Waals surface area contributed by atoms with Gasteiger partial charge in [-0.25, -0.2) is 4.79 Å². The summed E-state index contributed by atoms with van der Waals surface area (Å²) in [5, 5.41) is 7.16. The van der Waals surface area contributed by atoms with Crippen molar-refractivity contribution in [1.29, 1.82) is 0 Å². The number of imide groups is 1. The number of amides is 3. The van der Waals surface area contributed by atoms with Crippen LogP contribution in [0.2, 0.25) is 0 Å². The molecular formula is C17H22F3N3O3. The molecule has 1 aliphatic rings. The fourth-order valence-electron chi connectivity index (χ4n) is 2.59. The van der Waals surface area contributed by atoms with Gasteiger partial charge in [0.05, 0.1) is 12.6 Å². The van der Waals surface area contributed by atoms with Crippen molar-refractivity contribution in [2.45, 2.75) is 51.1 Å². The highest BCUT2D eigenvalue weighted by Crippen LogP contribution is 2.34. The molecule has 0 bridgehead atoms. The Morgan fingerprint density at radius 1 is 1.19 bits per heavy atom. The maximum Gasteiger partial charge on any atom is 0.426 e. The second kappa shape index (κ2) is 7.53. The van der Waals surface area contributed by atoms with Crippen LogP contribution in [0.25, 0.3) is 0 Å². The molecule has 1 aliphatic heterocycles. The summed E-state index contributed by atoms with van der Waals surface area (Å²) in [6.45, 7) is 4.76. The lowest BCUT2D eigenvalue weighted by molar-refractivity contribution is -0.206. The number of hydrogen-bond donors (Lipinski definition) is 3. The van der Waals surface area contributed by atoms with Crippen LogP contribution in [-0.4, -0.2) is 42.3 Å². The number of halogens is 3. The van der Waals surface area contributed by atoms with Crippen molar-refractivity contribution in [3.63, 3.8) is 0 Å². The number of fused-ring (bicyclic) bond motifs is 1. The van der Waals surface area contributed by atoms with Gasteiger partial charge in [0, 0.05) is 5.54 Å². The Morgan fingerprint density at radius 3 is 2.46 bits per heavy atom. The highest BCUT2D eigenvalue weighted by Gasteiger charge is 2.49. The molecule has 0 spiro atoms. The molecule has 3 N–H and O–H groups in total. The first-order valence-corrected chi connectivity index (χ1v) is 8.12. The zero-order valence-electron chi connectivity index (χ0n) is 14.7. The number of para-hydroxylation sites is 1. The number of carbonyl (C=O) groups excluding carboxylic acids is 2. The third-order valence-electron chi connectivity index (χ3n) is 3.62. The van der Waals surface area contributed by atoms with Gasteiger partial charge in [-0.05, 0) is 38.8 Å². The molecule has 2 atom stereocenters. The van der Waals surface area contributed by atoms with Crippen molar-refractivity contribution in [1.82, 2.24) is 16.0 Å². The normalized spacial score (nSPS) is 19.9. The smallest absolute Gasteiger partial charge is 0.426 e. The average Bonchev–Trinajstić information content (AvgIpc) is 2.49. The van der Waals surface area contributed by atoms with E-state index in [9.17, 15) is 22.8 Å². The predicted molar refractivity (Wildman–Crippen MR) is 88.8 cm³/mol. The highest BCUT2D eigenvalue weighted by molar-refractivity contribution is 5.95. The molecule has 0 aromatic heterocycles. The molecule has 9 heteroatoms. The Kier molecular flexibility index (Phi) is 5.80. The van der Waals surface area contributed by atoms with Crippen molar-refractivity contribution in [3.8, 4) is 5.75 Å². The van der Waals surface area contributed by atoms with Crippen LogP contribution in [0.1, 0.15) is 26.3 Å². The summed E-state index contributed by atoms with van der Waals surface area (Å²) in [6.07, 6.45) is -6.61. The summed E-state index contributed by atoms with van der Waals surface area (Å²) in [4.78, 5) is 23.5. The van der Waals surface area contributed by atoms with Gasteiger partial charge < -0.3 is 15.4 Å². The second-order valence-electron chi connectivity index (χ2n) is 7.13. The zero-order chi connectivity index (χ0) is 19.5. The minimum absolute atomic E-state index is 0.0574. The van der Waals surface area contributed by atoms with Gasteiger partial charge in [0.25, 0.3) is 0 Å². The molecule has 0 unspecified atom stereocenters. The highest BCUT2D eigenvalue weighted by atomic mass is 19.4. The summed E-state index contributed by atoms with van der Waals surface area (Å²) < 4.78 is 44.9. The van der Waals surface area contributed by atoms with Gasteiger partial charge in [-0.2, -0.15) is 13.2 Å². The summed E-state index contributed by atoms with van der Waals surface area (Å²) in [7, 11) is 0. The van der Waals surface area contributed by atoms with Gasteiger partial charge in [0.1, 0.15) is 5.75 Å². The van der Waals surface area contributed by atoms with E-state index in [2.05, 4.69) is 16.0 Å². The van der Waals surface area contributed by atoms with E-state index in [4.69, 9.17) is 4.74 Å². The second-order valence-corrected chi connectivity index (χ2v) is 7.13. The van der Waals surface area contributed by atoms with Crippen LogP contribution in [0.15, 0.2) is 24.3 Å². The van der Waals surface area contributed by atoms with Crippen LogP contribution in [0.3, 0.4) is 0 Å². The van der Waals surface area contributed by atoms with E-state index in [1.54, 1.807) is 39.0 Å². The van der Waals surface area contributed by atoms with E-state index in [-0.39, 0.29) is 12.2 Å². The molecule has 0 aliphatic carbocycles. The Balaban J connectivity index is 1.98. The number of rotatable bonds is 3. The maximum atomic E-state index is 13.3. The number of carbonyl (C=O) groups is 2. The zero-order valence-corrected chi connectivity index (χ0v) is 14.7. The first kappa shape index (κ1) is 20.0. The Hall–Kier alpha value is -2.29. The molecular weight excluding hydrogens is 351 g/mol. The lowest BCUT2D eigenvalue weighted by Gasteiger charge is -2.35. The molecule has 6 nitrogen and oxygen atoms in total. The van der Waals surface area contributed by atoms with E-state index < -0.39 is 42.3 Å². The first-order chi connectivity index (χ1) is 12.0. The van der Waals surface area contributed by atoms with Crippen LogP contribution in [-0.2, 0) is 11.2 Å². The number of benzene rings is 1. The minimum atomic E-state index is -4.59. The van der Waals surface area contributed by atoms with Crippen LogP contribution < -0.4 is 20.7 Å². The van der Waals surface area contributed by atoms with E-state index in [1.807, 2.05) is 0 Å². The molecule has 3 amide bonds. The molecule has 0 fully saturated rings. The molecule has 26 heavy (non-hydrogen) atoms. The van der Waals surface area contributed by atoms with Crippen LogP contribution in [0.4, 0.5) is 18.0 Å². The molecule has 0 saturated heterocycles. The quantitative estimate of drug-likeness (QED) is 0.759. The lowest BCUT2D eigenvalue weighted by Crippen LogP contribution is -2.57. The van der Waals surface area contributed by atoms with Gasteiger partial charge >= 0.3 is 12.2 Å².